The van der Waals surface area contributed by atoms with Crippen molar-refractivity contribution in [1.82, 2.24) is 10.2 Å². The minimum Gasteiger partial charge on any atom is -0.444 e. The summed E-state index contributed by atoms with van der Waals surface area (Å²) in [4.78, 5) is 14.0. The molecule has 140 valence electrons. The number of carbonyl (C=O) groups excluding carboxylic acids is 1. The van der Waals surface area contributed by atoms with Gasteiger partial charge in [0.1, 0.15) is 5.60 Å². The summed E-state index contributed by atoms with van der Waals surface area (Å²) in [6, 6.07) is 0.563. The molecule has 0 saturated carbocycles. The molecule has 2 heterocycles. The molecule has 0 radical (unpaired) electrons. The van der Waals surface area contributed by atoms with Crippen LogP contribution >= 0.6 is 0 Å². The Bertz CT molecular complexity index is 413. The molecular formula is C19H36N2O3. The van der Waals surface area contributed by atoms with Crippen LogP contribution in [0.5, 0.6) is 0 Å². The molecule has 0 spiro atoms. The van der Waals surface area contributed by atoms with Gasteiger partial charge in [0.2, 0.25) is 0 Å². The van der Waals surface area contributed by atoms with Crippen LogP contribution in [0.4, 0.5) is 4.79 Å². The monoisotopic (exact) mass is 340 g/mol. The maximum atomic E-state index is 12.1. The van der Waals surface area contributed by atoms with Crippen LogP contribution in [0.25, 0.3) is 0 Å². The van der Waals surface area contributed by atoms with E-state index in [0.717, 1.165) is 58.3 Å². The largest absolute Gasteiger partial charge is 0.444 e. The molecule has 0 bridgehead atoms. The van der Waals surface area contributed by atoms with Crippen molar-refractivity contribution in [1.29, 1.82) is 0 Å². The van der Waals surface area contributed by atoms with Crippen LogP contribution in [0.2, 0.25) is 0 Å². The molecule has 2 fully saturated rings. The summed E-state index contributed by atoms with van der Waals surface area (Å²) in [6.07, 6.45) is 5.21. The highest BCUT2D eigenvalue weighted by molar-refractivity contribution is 5.68. The van der Waals surface area contributed by atoms with E-state index >= 15 is 0 Å². The Balaban J connectivity index is 1.69. The van der Waals surface area contributed by atoms with Crippen molar-refractivity contribution in [2.24, 2.45) is 5.92 Å². The van der Waals surface area contributed by atoms with E-state index in [4.69, 9.17) is 9.47 Å². The Morgan fingerprint density at radius 2 is 1.96 bits per heavy atom. The highest BCUT2D eigenvalue weighted by atomic mass is 16.6. The molecular weight excluding hydrogens is 304 g/mol. The first-order valence-corrected chi connectivity index (χ1v) is 9.56. The Morgan fingerprint density at radius 1 is 1.29 bits per heavy atom. The number of rotatable bonds is 4. The van der Waals surface area contributed by atoms with Gasteiger partial charge in [-0.15, -0.1) is 0 Å². The van der Waals surface area contributed by atoms with Gasteiger partial charge in [0.15, 0.2) is 0 Å². The third-order valence-corrected chi connectivity index (χ3v) is 5.30. The average Bonchev–Trinajstić information content (AvgIpc) is 2.52. The molecule has 1 amide bonds. The van der Waals surface area contributed by atoms with Crippen molar-refractivity contribution in [2.75, 3.05) is 26.2 Å². The Kier molecular flexibility index (Phi) is 6.54. The van der Waals surface area contributed by atoms with Gasteiger partial charge in [0.25, 0.3) is 0 Å². The number of likely N-dealkylation sites (tertiary alicyclic amines) is 1. The van der Waals surface area contributed by atoms with E-state index in [2.05, 4.69) is 19.2 Å². The van der Waals surface area contributed by atoms with Crippen LogP contribution in [0.3, 0.4) is 0 Å². The quantitative estimate of drug-likeness (QED) is 0.850. The minimum atomic E-state index is -0.412. The van der Waals surface area contributed by atoms with Gasteiger partial charge in [-0.2, -0.15) is 0 Å². The number of carbonyl (C=O) groups is 1. The Morgan fingerprint density at radius 3 is 2.54 bits per heavy atom. The third-order valence-electron chi connectivity index (χ3n) is 5.30. The lowest BCUT2D eigenvalue weighted by atomic mass is 9.89. The molecule has 0 aromatic carbocycles. The second-order valence-electron chi connectivity index (χ2n) is 8.66. The SMILES string of the molecule is CCC1(C)CC(NCC2CCN(C(=O)OC(C)(C)C)CC2)CCO1. The van der Waals surface area contributed by atoms with Gasteiger partial charge < -0.3 is 19.7 Å². The van der Waals surface area contributed by atoms with Crippen LogP contribution in [-0.4, -0.2) is 54.5 Å². The molecule has 2 saturated heterocycles. The van der Waals surface area contributed by atoms with Gasteiger partial charge in [0.05, 0.1) is 5.60 Å². The Hall–Kier alpha value is -0.810. The van der Waals surface area contributed by atoms with Gasteiger partial charge in [-0.1, -0.05) is 6.92 Å². The summed E-state index contributed by atoms with van der Waals surface area (Å²) >= 11 is 0. The number of nitrogens with one attached hydrogen (secondary N) is 1. The summed E-state index contributed by atoms with van der Waals surface area (Å²) in [6.45, 7) is 13.7. The smallest absolute Gasteiger partial charge is 0.410 e. The van der Waals surface area contributed by atoms with Gasteiger partial charge in [0, 0.05) is 25.7 Å². The van der Waals surface area contributed by atoms with Crippen molar-refractivity contribution in [3.63, 3.8) is 0 Å². The second kappa shape index (κ2) is 8.05. The molecule has 5 heteroatoms. The van der Waals surface area contributed by atoms with Crippen LogP contribution in [0.15, 0.2) is 0 Å². The molecule has 1 N–H and O–H groups in total. The molecule has 0 aliphatic carbocycles. The standard InChI is InChI=1S/C19H36N2O3/c1-6-19(5)13-16(9-12-23-19)20-14-15-7-10-21(11-8-15)17(22)24-18(2,3)4/h15-16,20H,6-14H2,1-5H3. The lowest BCUT2D eigenvalue weighted by molar-refractivity contribution is -0.0784. The highest BCUT2D eigenvalue weighted by Crippen LogP contribution is 2.28. The number of piperidine rings is 1. The summed E-state index contributed by atoms with van der Waals surface area (Å²) in [5.74, 6) is 0.652. The van der Waals surface area contributed by atoms with Crippen LogP contribution in [0, 0.1) is 5.92 Å². The van der Waals surface area contributed by atoms with Crippen molar-refractivity contribution in [3.05, 3.63) is 0 Å². The van der Waals surface area contributed by atoms with E-state index in [0.29, 0.717) is 12.0 Å². The van der Waals surface area contributed by atoms with E-state index in [1.54, 1.807) is 0 Å². The topological polar surface area (TPSA) is 50.8 Å². The molecule has 2 atom stereocenters. The van der Waals surface area contributed by atoms with Crippen molar-refractivity contribution in [3.8, 4) is 0 Å². The maximum absolute atomic E-state index is 12.1. The van der Waals surface area contributed by atoms with E-state index in [9.17, 15) is 4.79 Å². The van der Waals surface area contributed by atoms with Crippen molar-refractivity contribution in [2.45, 2.75) is 84.0 Å². The zero-order chi connectivity index (χ0) is 17.8. The van der Waals surface area contributed by atoms with E-state index in [1.165, 1.54) is 0 Å². The number of hydrogen-bond donors (Lipinski definition) is 1. The molecule has 5 nitrogen and oxygen atoms in total. The number of amides is 1. The molecule has 0 aromatic rings. The average molecular weight is 341 g/mol. The van der Waals surface area contributed by atoms with Crippen LogP contribution in [0.1, 0.15) is 66.7 Å². The summed E-state index contributed by atoms with van der Waals surface area (Å²) in [7, 11) is 0. The fourth-order valence-corrected chi connectivity index (χ4v) is 3.53. The first-order valence-electron chi connectivity index (χ1n) is 9.56. The summed E-state index contributed by atoms with van der Waals surface area (Å²) < 4.78 is 11.4. The zero-order valence-electron chi connectivity index (χ0n) is 16.2. The fourth-order valence-electron chi connectivity index (χ4n) is 3.53. The van der Waals surface area contributed by atoms with Crippen LogP contribution in [-0.2, 0) is 9.47 Å². The van der Waals surface area contributed by atoms with Gasteiger partial charge >= 0.3 is 6.09 Å². The van der Waals surface area contributed by atoms with E-state index < -0.39 is 5.60 Å². The van der Waals surface area contributed by atoms with Crippen LogP contribution < -0.4 is 5.32 Å². The summed E-state index contributed by atoms with van der Waals surface area (Å²) in [5.41, 5.74) is -0.375. The summed E-state index contributed by atoms with van der Waals surface area (Å²) in [5, 5.41) is 3.75. The van der Waals surface area contributed by atoms with Crippen molar-refractivity contribution < 1.29 is 14.3 Å². The molecule has 2 aliphatic rings. The molecule has 2 unspecified atom stereocenters. The van der Waals surface area contributed by atoms with E-state index in [1.807, 2.05) is 25.7 Å². The predicted octanol–water partition coefficient (Wildman–Crippen LogP) is 3.57. The lowest BCUT2D eigenvalue weighted by Crippen LogP contribution is -2.48. The Labute approximate surface area is 147 Å². The minimum absolute atomic E-state index is 0.0377. The number of ether oxygens (including phenoxy) is 2. The molecule has 2 aliphatic heterocycles. The maximum Gasteiger partial charge on any atom is 0.410 e. The number of nitrogens with zero attached hydrogens (tertiary/aromatic N) is 1. The molecule has 2 rings (SSSR count). The van der Waals surface area contributed by atoms with Gasteiger partial charge in [-0.05, 0) is 72.3 Å². The first-order chi connectivity index (χ1) is 11.2. The third kappa shape index (κ3) is 5.92. The van der Waals surface area contributed by atoms with E-state index in [-0.39, 0.29) is 11.7 Å². The van der Waals surface area contributed by atoms with Gasteiger partial charge in [-0.25, -0.2) is 4.79 Å². The zero-order valence-corrected chi connectivity index (χ0v) is 16.2. The van der Waals surface area contributed by atoms with Crippen molar-refractivity contribution >= 4 is 6.09 Å². The second-order valence-corrected chi connectivity index (χ2v) is 8.66. The molecule has 0 aromatic heterocycles. The molecule has 24 heavy (non-hydrogen) atoms. The lowest BCUT2D eigenvalue weighted by Gasteiger charge is -2.39. The van der Waals surface area contributed by atoms with Gasteiger partial charge in [-0.3, -0.25) is 0 Å². The number of hydrogen-bond acceptors (Lipinski definition) is 4. The highest BCUT2D eigenvalue weighted by Gasteiger charge is 2.32. The first kappa shape index (κ1) is 19.5. The predicted molar refractivity (Wildman–Crippen MR) is 96.2 cm³/mol. The normalized spacial score (nSPS) is 29.5. The fraction of sp³-hybridized carbons (Fsp3) is 0.947.